The minimum absolute atomic E-state index is 0.185. The molecule has 0 spiro atoms. The Morgan fingerprint density at radius 3 is 2.22 bits per heavy atom. The lowest BCUT2D eigenvalue weighted by atomic mass is 9.72. The summed E-state index contributed by atoms with van der Waals surface area (Å²) < 4.78 is 0. The van der Waals surface area contributed by atoms with Gasteiger partial charge in [0.2, 0.25) is 11.8 Å². The molecular weight excluding hydrogens is 273 g/mol. The van der Waals surface area contributed by atoms with E-state index in [0.717, 1.165) is 5.57 Å². The highest BCUT2D eigenvalue weighted by molar-refractivity contribution is 6.35. The van der Waals surface area contributed by atoms with Gasteiger partial charge in [-0.15, -0.1) is 0 Å². The topological polar surface area (TPSA) is 37.4 Å². The van der Waals surface area contributed by atoms with Crippen LogP contribution in [0.5, 0.6) is 0 Å². The van der Waals surface area contributed by atoms with Gasteiger partial charge in [-0.3, -0.25) is 9.59 Å². The fourth-order valence-corrected chi connectivity index (χ4v) is 3.08. The van der Waals surface area contributed by atoms with Gasteiger partial charge in [-0.1, -0.05) is 35.4 Å². The quantitative estimate of drug-likeness (QED) is 0.586. The maximum Gasteiger partial charge on any atom is 0.241 e. The van der Waals surface area contributed by atoms with E-state index < -0.39 is 0 Å². The number of amides is 2. The van der Waals surface area contributed by atoms with E-state index in [1.165, 1.54) is 4.90 Å². The molecule has 18 heavy (non-hydrogen) atoms. The van der Waals surface area contributed by atoms with E-state index in [0.29, 0.717) is 22.2 Å². The van der Waals surface area contributed by atoms with E-state index in [9.17, 15) is 9.59 Å². The third-order valence-corrected chi connectivity index (χ3v) is 3.89. The molecule has 2 atom stereocenters. The Kier molecular flexibility index (Phi) is 2.50. The van der Waals surface area contributed by atoms with Gasteiger partial charge in [-0.25, -0.2) is 4.90 Å². The summed E-state index contributed by atoms with van der Waals surface area (Å²) >= 11 is 11.8. The molecule has 2 unspecified atom stereocenters. The summed E-state index contributed by atoms with van der Waals surface area (Å²) in [6.45, 7) is 3.80. The summed E-state index contributed by atoms with van der Waals surface area (Å²) in [5, 5.41) is 0.798. The molecule has 0 N–H and O–H groups in total. The minimum atomic E-state index is -0.352. The Hall–Kier alpha value is -1.32. The van der Waals surface area contributed by atoms with Crippen LogP contribution in [0.4, 0.5) is 5.69 Å². The van der Waals surface area contributed by atoms with Gasteiger partial charge in [0.25, 0.3) is 0 Å². The molecular formula is C13H9Cl2NO2. The number of benzene rings is 1. The summed E-state index contributed by atoms with van der Waals surface area (Å²) in [6.07, 6.45) is 0.597. The molecule has 3 nitrogen and oxygen atoms in total. The van der Waals surface area contributed by atoms with Crippen molar-refractivity contribution in [3.8, 4) is 0 Å². The lowest BCUT2D eigenvalue weighted by Gasteiger charge is -2.27. The number of nitrogens with zero attached hydrogens (tertiary/aromatic N) is 1. The zero-order valence-electron chi connectivity index (χ0n) is 9.32. The van der Waals surface area contributed by atoms with Crippen LogP contribution in [0.1, 0.15) is 6.42 Å². The predicted octanol–water partition coefficient (Wildman–Crippen LogP) is 3.06. The van der Waals surface area contributed by atoms with Crippen molar-refractivity contribution in [2.45, 2.75) is 6.42 Å². The summed E-state index contributed by atoms with van der Waals surface area (Å²) in [4.78, 5) is 25.5. The monoisotopic (exact) mass is 281 g/mol. The Balaban J connectivity index is 2.04. The average Bonchev–Trinajstić information content (AvgIpc) is 2.43. The number of carbonyl (C=O) groups is 2. The third kappa shape index (κ3) is 1.51. The molecule has 92 valence electrons. The van der Waals surface area contributed by atoms with Gasteiger partial charge >= 0.3 is 0 Å². The molecule has 1 aromatic rings. The van der Waals surface area contributed by atoms with Crippen molar-refractivity contribution in [1.82, 2.24) is 0 Å². The highest BCUT2D eigenvalue weighted by Gasteiger charge is 2.55. The van der Waals surface area contributed by atoms with E-state index in [1.807, 2.05) is 0 Å². The molecule has 0 aromatic heterocycles. The number of hydrogen-bond acceptors (Lipinski definition) is 2. The summed E-state index contributed by atoms with van der Waals surface area (Å²) in [7, 11) is 0. The number of rotatable bonds is 1. The van der Waals surface area contributed by atoms with Crippen molar-refractivity contribution in [3.63, 3.8) is 0 Å². The standard InChI is InChI=1S/C13H9Cl2NO2/c1-6-2-10-11(6)13(18)16(12(10)17)9-4-7(14)3-8(15)5-9/h3-5,10-11H,1-2H2. The molecule has 2 aliphatic rings. The number of carbonyl (C=O) groups excluding carboxylic acids is 2. The normalized spacial score (nSPS) is 26.3. The second-order valence-electron chi connectivity index (χ2n) is 4.59. The van der Waals surface area contributed by atoms with Gasteiger partial charge in [-0.2, -0.15) is 0 Å². The lowest BCUT2D eigenvalue weighted by molar-refractivity contribution is -0.122. The Labute approximate surface area is 114 Å². The predicted molar refractivity (Wildman–Crippen MR) is 69.7 cm³/mol. The van der Waals surface area contributed by atoms with Crippen LogP contribution in [0.15, 0.2) is 30.4 Å². The first kappa shape index (κ1) is 11.8. The van der Waals surface area contributed by atoms with Crippen LogP contribution in [0.3, 0.4) is 0 Å². The van der Waals surface area contributed by atoms with E-state index >= 15 is 0 Å². The second kappa shape index (κ2) is 3.84. The number of anilines is 1. The molecule has 3 rings (SSSR count). The molecule has 5 heteroatoms. The van der Waals surface area contributed by atoms with Crippen LogP contribution in [-0.4, -0.2) is 11.8 Å². The fourth-order valence-electron chi connectivity index (χ4n) is 2.56. The number of hydrogen-bond donors (Lipinski definition) is 0. The van der Waals surface area contributed by atoms with Gasteiger partial charge in [0.1, 0.15) is 0 Å². The van der Waals surface area contributed by atoms with Crippen LogP contribution in [0.25, 0.3) is 0 Å². The zero-order valence-corrected chi connectivity index (χ0v) is 10.8. The first-order valence-electron chi connectivity index (χ1n) is 5.50. The van der Waals surface area contributed by atoms with Gasteiger partial charge in [0, 0.05) is 10.0 Å². The summed E-state index contributed by atoms with van der Waals surface area (Å²) in [6, 6.07) is 4.69. The molecule has 1 aliphatic heterocycles. The van der Waals surface area contributed by atoms with Crippen molar-refractivity contribution in [2.75, 3.05) is 4.90 Å². The Bertz CT molecular complexity index is 576. The smallest absolute Gasteiger partial charge is 0.241 e. The molecule has 0 radical (unpaired) electrons. The lowest BCUT2D eigenvalue weighted by Crippen LogP contribution is -2.30. The van der Waals surface area contributed by atoms with E-state index in [2.05, 4.69) is 6.58 Å². The molecule has 2 amide bonds. The van der Waals surface area contributed by atoms with Crippen LogP contribution in [0, 0.1) is 11.8 Å². The summed E-state index contributed by atoms with van der Waals surface area (Å²) in [5.74, 6) is -1.01. The maximum atomic E-state index is 12.2. The van der Waals surface area contributed by atoms with Crippen molar-refractivity contribution < 1.29 is 9.59 Å². The Morgan fingerprint density at radius 2 is 1.72 bits per heavy atom. The molecule has 1 saturated carbocycles. The van der Waals surface area contributed by atoms with Gasteiger partial charge < -0.3 is 0 Å². The van der Waals surface area contributed by atoms with Gasteiger partial charge in [-0.05, 0) is 24.6 Å². The molecule has 1 aromatic carbocycles. The van der Waals surface area contributed by atoms with Crippen molar-refractivity contribution in [2.24, 2.45) is 11.8 Å². The van der Waals surface area contributed by atoms with Crippen LogP contribution in [0.2, 0.25) is 10.0 Å². The molecule has 0 bridgehead atoms. The zero-order chi connectivity index (χ0) is 13.0. The van der Waals surface area contributed by atoms with Gasteiger partial charge in [0.05, 0.1) is 17.5 Å². The average molecular weight is 282 g/mol. The third-order valence-electron chi connectivity index (χ3n) is 3.45. The highest BCUT2D eigenvalue weighted by atomic mass is 35.5. The molecule has 1 aliphatic carbocycles. The first-order valence-corrected chi connectivity index (χ1v) is 6.26. The van der Waals surface area contributed by atoms with Crippen molar-refractivity contribution in [3.05, 3.63) is 40.4 Å². The number of halogens is 2. The summed E-state index contributed by atoms with van der Waals surface area (Å²) in [5.41, 5.74) is 1.26. The van der Waals surface area contributed by atoms with Crippen LogP contribution >= 0.6 is 23.2 Å². The highest BCUT2D eigenvalue weighted by Crippen LogP contribution is 2.47. The molecule has 1 heterocycles. The minimum Gasteiger partial charge on any atom is -0.274 e. The second-order valence-corrected chi connectivity index (χ2v) is 5.46. The van der Waals surface area contributed by atoms with Gasteiger partial charge in [0.15, 0.2) is 0 Å². The van der Waals surface area contributed by atoms with E-state index in [1.54, 1.807) is 18.2 Å². The van der Waals surface area contributed by atoms with E-state index in [4.69, 9.17) is 23.2 Å². The van der Waals surface area contributed by atoms with Crippen LogP contribution in [-0.2, 0) is 9.59 Å². The molecule has 2 fully saturated rings. The maximum absolute atomic E-state index is 12.2. The SMILES string of the molecule is C=C1CC2C(=O)N(c3cc(Cl)cc(Cl)c3)C(=O)C12. The molecule has 1 saturated heterocycles. The number of fused-ring (bicyclic) bond motifs is 1. The van der Waals surface area contributed by atoms with Crippen LogP contribution < -0.4 is 4.90 Å². The van der Waals surface area contributed by atoms with Crippen molar-refractivity contribution in [1.29, 1.82) is 0 Å². The van der Waals surface area contributed by atoms with E-state index in [-0.39, 0.29) is 23.7 Å². The first-order chi connectivity index (χ1) is 8.49. The Morgan fingerprint density at radius 1 is 1.11 bits per heavy atom. The number of imide groups is 1. The van der Waals surface area contributed by atoms with Crippen molar-refractivity contribution >= 4 is 40.7 Å². The largest absolute Gasteiger partial charge is 0.274 e. The fraction of sp³-hybridized carbons (Fsp3) is 0.231.